The predicted octanol–water partition coefficient (Wildman–Crippen LogP) is 1.29. The van der Waals surface area contributed by atoms with Gasteiger partial charge in [0.25, 0.3) is 5.91 Å². The van der Waals surface area contributed by atoms with Gasteiger partial charge in [-0.25, -0.2) is 0 Å². The van der Waals surface area contributed by atoms with Crippen LogP contribution < -0.4 is 5.32 Å². The molecule has 0 atom stereocenters. The van der Waals surface area contributed by atoms with Crippen molar-refractivity contribution >= 4 is 11.6 Å². The zero-order valence-electron chi connectivity index (χ0n) is 6.00. The summed E-state index contributed by atoms with van der Waals surface area (Å²) in [6.07, 6.45) is -0.219. The maximum Gasteiger partial charge on any atom is 0.315 e. The molecule has 0 aliphatic heterocycles. The summed E-state index contributed by atoms with van der Waals surface area (Å²) < 4.78 is 23.4. The van der Waals surface area contributed by atoms with E-state index in [0.29, 0.717) is 0 Å². The minimum Gasteiger partial charge on any atom is -0.320 e. The summed E-state index contributed by atoms with van der Waals surface area (Å²) in [5.41, 5.74) is 0.266. The summed E-state index contributed by atoms with van der Waals surface area (Å²) in [7, 11) is 0. The van der Waals surface area contributed by atoms with Crippen LogP contribution >= 0.6 is 0 Å². The van der Waals surface area contributed by atoms with E-state index in [0.717, 1.165) is 0 Å². The molecule has 1 amide bonds. The van der Waals surface area contributed by atoms with Gasteiger partial charge in [-0.15, -0.1) is 0 Å². The first kappa shape index (κ1) is 8.58. The molecule has 0 aromatic carbocycles. The topological polar surface area (TPSA) is 42.0 Å². The van der Waals surface area contributed by atoms with Gasteiger partial charge in [0.1, 0.15) is 0 Å². The average molecular weight is 172 g/mol. The molecule has 1 N–H and O–H groups in total. The van der Waals surface area contributed by atoms with E-state index in [1.54, 1.807) is 6.07 Å². The molecule has 0 aliphatic rings. The molecule has 0 aliphatic carbocycles. The van der Waals surface area contributed by atoms with Gasteiger partial charge in [0.2, 0.25) is 0 Å². The lowest BCUT2D eigenvalue weighted by Crippen LogP contribution is -2.19. The van der Waals surface area contributed by atoms with Crippen LogP contribution in [0.5, 0.6) is 0 Å². The Morgan fingerprint density at radius 3 is 2.83 bits per heavy atom. The van der Waals surface area contributed by atoms with Crippen molar-refractivity contribution in [3.05, 3.63) is 24.5 Å². The fourth-order valence-corrected chi connectivity index (χ4v) is 0.634. The molecule has 64 valence electrons. The number of aromatic nitrogens is 1. The summed E-state index contributed by atoms with van der Waals surface area (Å²) in [5.74, 6) is -1.32. The van der Waals surface area contributed by atoms with Crippen LogP contribution in [-0.2, 0) is 4.79 Å². The van der Waals surface area contributed by atoms with Gasteiger partial charge in [-0.05, 0) is 12.1 Å². The largest absolute Gasteiger partial charge is 0.320 e. The minimum atomic E-state index is -3.00. The van der Waals surface area contributed by atoms with Gasteiger partial charge in [-0.3, -0.25) is 9.78 Å². The number of carbonyl (C=O) groups excluding carboxylic acids is 1. The first-order valence-electron chi connectivity index (χ1n) is 3.19. The molecule has 0 saturated carbocycles. The SMILES string of the molecule is O=C(Nc1cccnc1)C(F)F. The molecule has 0 saturated heterocycles. The van der Waals surface area contributed by atoms with E-state index in [1.165, 1.54) is 18.5 Å². The van der Waals surface area contributed by atoms with Gasteiger partial charge in [-0.2, -0.15) is 8.78 Å². The second-order valence-electron chi connectivity index (χ2n) is 2.03. The Labute approximate surface area is 67.4 Å². The van der Waals surface area contributed by atoms with Crippen LogP contribution in [0.15, 0.2) is 24.5 Å². The van der Waals surface area contributed by atoms with Crippen molar-refractivity contribution < 1.29 is 13.6 Å². The number of halogens is 2. The average Bonchev–Trinajstić information content (AvgIpc) is 2.06. The molecular weight excluding hydrogens is 166 g/mol. The van der Waals surface area contributed by atoms with E-state index in [-0.39, 0.29) is 5.69 Å². The van der Waals surface area contributed by atoms with Crippen LogP contribution in [0.25, 0.3) is 0 Å². The maximum atomic E-state index is 11.7. The summed E-state index contributed by atoms with van der Waals surface area (Å²) in [6, 6.07) is 3.02. The van der Waals surface area contributed by atoms with Crippen molar-refractivity contribution in [1.29, 1.82) is 0 Å². The third-order valence-electron chi connectivity index (χ3n) is 1.13. The Balaban J connectivity index is 2.59. The van der Waals surface area contributed by atoms with Crippen molar-refractivity contribution in [2.75, 3.05) is 5.32 Å². The van der Waals surface area contributed by atoms with Crippen LogP contribution in [0, 0.1) is 0 Å². The van der Waals surface area contributed by atoms with Gasteiger partial charge in [0, 0.05) is 6.20 Å². The molecule has 3 nitrogen and oxygen atoms in total. The van der Waals surface area contributed by atoms with Crippen LogP contribution in [0.1, 0.15) is 0 Å². The number of hydrogen-bond donors (Lipinski definition) is 1. The van der Waals surface area contributed by atoms with E-state index in [2.05, 4.69) is 4.98 Å². The van der Waals surface area contributed by atoms with E-state index in [9.17, 15) is 13.6 Å². The highest BCUT2D eigenvalue weighted by Crippen LogP contribution is 2.04. The van der Waals surface area contributed by atoms with Crippen molar-refractivity contribution in [2.24, 2.45) is 0 Å². The molecule has 1 heterocycles. The monoisotopic (exact) mass is 172 g/mol. The van der Waals surface area contributed by atoms with Gasteiger partial charge < -0.3 is 5.32 Å². The van der Waals surface area contributed by atoms with E-state index >= 15 is 0 Å². The van der Waals surface area contributed by atoms with Crippen molar-refractivity contribution in [1.82, 2.24) is 4.98 Å². The number of alkyl halides is 2. The van der Waals surface area contributed by atoms with Crippen molar-refractivity contribution in [3.63, 3.8) is 0 Å². The summed E-state index contributed by atoms with van der Waals surface area (Å²) in [4.78, 5) is 14.1. The molecule has 0 spiro atoms. The molecule has 0 fully saturated rings. The highest BCUT2D eigenvalue weighted by molar-refractivity contribution is 5.92. The Morgan fingerprint density at radius 1 is 1.58 bits per heavy atom. The van der Waals surface area contributed by atoms with Gasteiger partial charge in [0.15, 0.2) is 0 Å². The Bertz CT molecular complexity index is 263. The number of pyridine rings is 1. The molecule has 0 bridgehead atoms. The quantitative estimate of drug-likeness (QED) is 0.730. The highest BCUT2D eigenvalue weighted by Gasteiger charge is 2.14. The molecular formula is C7H6F2N2O. The highest BCUT2D eigenvalue weighted by atomic mass is 19.3. The Hall–Kier alpha value is -1.52. The predicted molar refractivity (Wildman–Crippen MR) is 38.9 cm³/mol. The zero-order valence-corrected chi connectivity index (χ0v) is 6.00. The molecule has 1 rings (SSSR count). The second-order valence-corrected chi connectivity index (χ2v) is 2.03. The molecule has 1 aromatic rings. The third-order valence-corrected chi connectivity index (χ3v) is 1.13. The van der Waals surface area contributed by atoms with Gasteiger partial charge in [-0.1, -0.05) is 0 Å². The lowest BCUT2D eigenvalue weighted by molar-refractivity contribution is -0.126. The van der Waals surface area contributed by atoms with Crippen LogP contribution in [0.3, 0.4) is 0 Å². The summed E-state index contributed by atoms with van der Waals surface area (Å²) in [5, 5.41) is 1.99. The first-order chi connectivity index (χ1) is 5.70. The lowest BCUT2D eigenvalue weighted by atomic mass is 10.4. The molecule has 0 unspecified atom stereocenters. The van der Waals surface area contributed by atoms with Crippen molar-refractivity contribution in [2.45, 2.75) is 6.43 Å². The third kappa shape index (κ3) is 2.26. The number of nitrogens with one attached hydrogen (secondary N) is 1. The molecule has 1 aromatic heterocycles. The minimum absolute atomic E-state index is 0.266. The van der Waals surface area contributed by atoms with E-state index in [1.807, 2.05) is 5.32 Å². The summed E-state index contributed by atoms with van der Waals surface area (Å²) in [6.45, 7) is 0. The number of nitrogens with zero attached hydrogens (tertiary/aromatic N) is 1. The van der Waals surface area contributed by atoms with Gasteiger partial charge >= 0.3 is 6.43 Å². The number of amides is 1. The fraction of sp³-hybridized carbons (Fsp3) is 0.143. The van der Waals surface area contributed by atoms with Crippen molar-refractivity contribution in [3.8, 4) is 0 Å². The normalized spacial score (nSPS) is 9.92. The molecule has 12 heavy (non-hydrogen) atoms. The Morgan fingerprint density at radius 2 is 2.33 bits per heavy atom. The number of carbonyl (C=O) groups is 1. The van der Waals surface area contributed by atoms with Gasteiger partial charge in [0.05, 0.1) is 11.9 Å². The number of anilines is 1. The molecule has 0 radical (unpaired) electrons. The summed E-state index contributed by atoms with van der Waals surface area (Å²) >= 11 is 0. The second kappa shape index (κ2) is 3.75. The first-order valence-corrected chi connectivity index (χ1v) is 3.19. The van der Waals surface area contributed by atoms with E-state index in [4.69, 9.17) is 0 Å². The number of rotatable bonds is 2. The maximum absolute atomic E-state index is 11.7. The Kier molecular flexibility index (Phi) is 2.68. The number of hydrogen-bond acceptors (Lipinski definition) is 2. The molecule has 5 heteroatoms. The van der Waals surface area contributed by atoms with E-state index < -0.39 is 12.3 Å². The lowest BCUT2D eigenvalue weighted by Gasteiger charge is -2.01. The zero-order chi connectivity index (χ0) is 8.97. The van der Waals surface area contributed by atoms with Crippen LogP contribution in [0.2, 0.25) is 0 Å². The fourth-order valence-electron chi connectivity index (χ4n) is 0.634. The standard InChI is InChI=1S/C7H6F2N2O/c8-6(9)7(12)11-5-2-1-3-10-4-5/h1-4,6H,(H,11,12). The smallest absolute Gasteiger partial charge is 0.315 e. The van der Waals surface area contributed by atoms with Crippen LogP contribution in [0.4, 0.5) is 14.5 Å². The van der Waals surface area contributed by atoms with Crippen LogP contribution in [-0.4, -0.2) is 17.3 Å².